The van der Waals surface area contributed by atoms with E-state index in [2.05, 4.69) is 10.3 Å². The zero-order valence-electron chi connectivity index (χ0n) is 12.9. The summed E-state index contributed by atoms with van der Waals surface area (Å²) in [5.41, 5.74) is -0.0359. The number of alkyl halides is 3. The summed E-state index contributed by atoms with van der Waals surface area (Å²) < 4.78 is 44.1. The number of amides is 1. The van der Waals surface area contributed by atoms with Crippen LogP contribution in [0.5, 0.6) is 5.88 Å². The van der Waals surface area contributed by atoms with Gasteiger partial charge in [0.05, 0.1) is 23.1 Å². The van der Waals surface area contributed by atoms with Gasteiger partial charge in [0.1, 0.15) is 0 Å². The molecular formula is C17H14ClF3N2O2. The standard InChI is InChI=1S/C17H14ClF3N2O2/c18-14-10(3-1-5-13(14)17(19,20)21)9-23-15(24)11-6-8-25-16-12(11)4-2-7-22-16/h1-5,7,11H,6,8-9H2,(H,23,24)/t11-/m1/s1. The molecule has 1 aliphatic heterocycles. The largest absolute Gasteiger partial charge is 0.477 e. The average Bonchev–Trinajstić information content (AvgIpc) is 2.59. The molecule has 0 spiro atoms. The molecule has 1 aromatic carbocycles. The van der Waals surface area contributed by atoms with Crippen LogP contribution in [0.1, 0.15) is 29.0 Å². The van der Waals surface area contributed by atoms with Crippen LogP contribution < -0.4 is 10.1 Å². The van der Waals surface area contributed by atoms with Gasteiger partial charge >= 0.3 is 6.18 Å². The van der Waals surface area contributed by atoms with Crippen molar-refractivity contribution in [2.24, 2.45) is 0 Å². The molecule has 0 unspecified atom stereocenters. The molecule has 1 amide bonds. The number of hydrogen-bond acceptors (Lipinski definition) is 3. The summed E-state index contributed by atoms with van der Waals surface area (Å²) in [6.45, 7) is 0.265. The highest BCUT2D eigenvalue weighted by Crippen LogP contribution is 2.36. The van der Waals surface area contributed by atoms with Crippen molar-refractivity contribution in [3.8, 4) is 5.88 Å². The number of pyridine rings is 1. The summed E-state index contributed by atoms with van der Waals surface area (Å²) in [7, 11) is 0. The summed E-state index contributed by atoms with van der Waals surface area (Å²) in [5.74, 6) is -0.348. The quantitative estimate of drug-likeness (QED) is 0.890. The lowest BCUT2D eigenvalue weighted by Crippen LogP contribution is -2.32. The van der Waals surface area contributed by atoms with Gasteiger partial charge in [0.15, 0.2) is 0 Å². The molecule has 1 N–H and O–H groups in total. The Balaban J connectivity index is 1.74. The third-order valence-corrected chi connectivity index (χ3v) is 4.42. The summed E-state index contributed by atoms with van der Waals surface area (Å²) >= 11 is 5.84. The van der Waals surface area contributed by atoms with Crippen LogP contribution in [0.2, 0.25) is 5.02 Å². The smallest absolute Gasteiger partial charge is 0.417 e. The van der Waals surface area contributed by atoms with Gasteiger partial charge in [-0.1, -0.05) is 29.8 Å². The number of nitrogens with one attached hydrogen (secondary N) is 1. The molecule has 3 rings (SSSR count). The molecule has 1 aliphatic rings. The fourth-order valence-electron chi connectivity index (χ4n) is 2.73. The molecule has 0 saturated carbocycles. The van der Waals surface area contributed by atoms with Gasteiger partial charge in [-0.2, -0.15) is 13.2 Å². The molecule has 0 radical (unpaired) electrons. The molecule has 2 heterocycles. The molecule has 25 heavy (non-hydrogen) atoms. The van der Waals surface area contributed by atoms with Gasteiger partial charge in [-0.3, -0.25) is 4.79 Å². The summed E-state index contributed by atoms with van der Waals surface area (Å²) in [6, 6.07) is 7.09. The number of ether oxygens (including phenoxy) is 1. The Morgan fingerprint density at radius 3 is 2.88 bits per heavy atom. The van der Waals surface area contributed by atoms with Crippen LogP contribution in [0.15, 0.2) is 36.5 Å². The van der Waals surface area contributed by atoms with Gasteiger partial charge in [-0.05, 0) is 24.1 Å². The van der Waals surface area contributed by atoms with E-state index in [0.29, 0.717) is 24.5 Å². The van der Waals surface area contributed by atoms with Crippen molar-refractivity contribution in [2.45, 2.75) is 25.1 Å². The van der Waals surface area contributed by atoms with Crippen molar-refractivity contribution < 1.29 is 22.7 Å². The first-order valence-electron chi connectivity index (χ1n) is 7.58. The highest BCUT2D eigenvalue weighted by atomic mass is 35.5. The maximum Gasteiger partial charge on any atom is 0.417 e. The number of benzene rings is 1. The number of aromatic nitrogens is 1. The predicted octanol–water partition coefficient (Wildman–Crippen LogP) is 3.94. The van der Waals surface area contributed by atoms with Crippen molar-refractivity contribution in [1.82, 2.24) is 10.3 Å². The number of halogens is 4. The van der Waals surface area contributed by atoms with Gasteiger partial charge in [-0.25, -0.2) is 4.98 Å². The Morgan fingerprint density at radius 1 is 1.32 bits per heavy atom. The lowest BCUT2D eigenvalue weighted by Gasteiger charge is -2.24. The highest BCUT2D eigenvalue weighted by molar-refractivity contribution is 6.32. The second-order valence-electron chi connectivity index (χ2n) is 5.58. The zero-order valence-corrected chi connectivity index (χ0v) is 13.7. The summed E-state index contributed by atoms with van der Waals surface area (Å²) in [5, 5.41) is 2.26. The molecule has 0 aliphatic carbocycles. The molecule has 2 aromatic rings. The van der Waals surface area contributed by atoms with Crippen molar-refractivity contribution in [1.29, 1.82) is 0 Å². The van der Waals surface area contributed by atoms with E-state index >= 15 is 0 Å². The normalized spacial score (nSPS) is 16.7. The average molecular weight is 371 g/mol. The van der Waals surface area contributed by atoms with E-state index in [1.54, 1.807) is 18.3 Å². The van der Waals surface area contributed by atoms with Gasteiger partial charge in [-0.15, -0.1) is 0 Å². The van der Waals surface area contributed by atoms with Crippen LogP contribution in [-0.2, 0) is 17.5 Å². The van der Waals surface area contributed by atoms with Crippen molar-refractivity contribution in [3.05, 3.63) is 58.2 Å². The Labute approximate surface area is 147 Å². The van der Waals surface area contributed by atoms with Crippen LogP contribution in [0.3, 0.4) is 0 Å². The number of fused-ring (bicyclic) bond motifs is 1. The minimum atomic E-state index is -4.54. The van der Waals surface area contributed by atoms with Crippen LogP contribution in [0, 0.1) is 0 Å². The van der Waals surface area contributed by atoms with E-state index in [1.807, 2.05) is 0 Å². The Morgan fingerprint density at radius 2 is 2.12 bits per heavy atom. The summed E-state index contributed by atoms with van der Waals surface area (Å²) in [6.07, 6.45) is -2.50. The topological polar surface area (TPSA) is 51.2 Å². The maximum atomic E-state index is 12.9. The summed E-state index contributed by atoms with van der Waals surface area (Å²) in [4.78, 5) is 16.5. The number of nitrogens with zero attached hydrogens (tertiary/aromatic N) is 1. The van der Waals surface area contributed by atoms with Gasteiger partial charge in [0, 0.05) is 18.3 Å². The van der Waals surface area contributed by atoms with E-state index in [4.69, 9.17) is 16.3 Å². The first-order valence-corrected chi connectivity index (χ1v) is 7.95. The number of carbonyl (C=O) groups excluding carboxylic acids is 1. The fraction of sp³-hybridized carbons (Fsp3) is 0.294. The first kappa shape index (κ1) is 17.5. The van der Waals surface area contributed by atoms with Crippen LogP contribution in [0.25, 0.3) is 0 Å². The Kier molecular flexibility index (Phi) is 4.85. The molecule has 132 valence electrons. The lowest BCUT2D eigenvalue weighted by molar-refractivity contribution is -0.137. The maximum absolute atomic E-state index is 12.9. The van der Waals surface area contributed by atoms with Crippen LogP contribution >= 0.6 is 11.6 Å². The monoisotopic (exact) mass is 370 g/mol. The molecule has 8 heteroatoms. The van der Waals surface area contributed by atoms with E-state index < -0.39 is 22.7 Å². The first-order chi connectivity index (χ1) is 11.9. The molecule has 4 nitrogen and oxygen atoms in total. The second-order valence-corrected chi connectivity index (χ2v) is 5.96. The third kappa shape index (κ3) is 3.71. The minimum Gasteiger partial charge on any atom is -0.477 e. The van der Waals surface area contributed by atoms with Crippen molar-refractivity contribution >= 4 is 17.5 Å². The van der Waals surface area contributed by atoms with E-state index in [0.717, 1.165) is 6.07 Å². The lowest BCUT2D eigenvalue weighted by atomic mass is 9.94. The molecule has 0 saturated heterocycles. The van der Waals surface area contributed by atoms with Crippen molar-refractivity contribution in [3.63, 3.8) is 0 Å². The SMILES string of the molecule is O=C(NCc1cccc(C(F)(F)F)c1Cl)[C@@H]1CCOc2ncccc21. The van der Waals surface area contributed by atoms with Crippen molar-refractivity contribution in [2.75, 3.05) is 6.61 Å². The molecule has 0 fully saturated rings. The number of carbonyl (C=O) groups is 1. The van der Waals surface area contributed by atoms with Gasteiger partial charge < -0.3 is 10.1 Å². The Hall–Kier alpha value is -2.28. The number of hydrogen-bond donors (Lipinski definition) is 1. The fourth-order valence-corrected chi connectivity index (χ4v) is 3.03. The van der Waals surface area contributed by atoms with Gasteiger partial charge in [0.25, 0.3) is 0 Å². The minimum absolute atomic E-state index is 0.0888. The van der Waals surface area contributed by atoms with Crippen LogP contribution in [-0.4, -0.2) is 17.5 Å². The zero-order chi connectivity index (χ0) is 18.0. The molecular weight excluding hydrogens is 357 g/mol. The molecule has 1 atom stereocenters. The molecule has 1 aromatic heterocycles. The number of rotatable bonds is 3. The van der Waals surface area contributed by atoms with E-state index in [-0.39, 0.29) is 18.0 Å². The highest BCUT2D eigenvalue weighted by Gasteiger charge is 2.34. The molecule has 0 bridgehead atoms. The third-order valence-electron chi connectivity index (χ3n) is 3.97. The van der Waals surface area contributed by atoms with Gasteiger partial charge in [0.2, 0.25) is 11.8 Å². The predicted molar refractivity (Wildman–Crippen MR) is 85.4 cm³/mol. The van der Waals surface area contributed by atoms with Crippen LogP contribution in [0.4, 0.5) is 13.2 Å². The van der Waals surface area contributed by atoms with E-state index in [1.165, 1.54) is 12.1 Å². The Bertz CT molecular complexity index is 796. The van der Waals surface area contributed by atoms with E-state index in [9.17, 15) is 18.0 Å². The second kappa shape index (κ2) is 6.92.